The van der Waals surface area contributed by atoms with E-state index in [1.807, 2.05) is 0 Å². The smallest absolute Gasteiger partial charge is 0.339 e. The maximum absolute atomic E-state index is 13.1. The fourth-order valence-electron chi connectivity index (χ4n) is 3.38. The summed E-state index contributed by atoms with van der Waals surface area (Å²) in [7, 11) is 1.19. The number of hydrogen-bond acceptors (Lipinski definition) is 8. The lowest BCUT2D eigenvalue weighted by molar-refractivity contribution is -0.384. The Morgan fingerprint density at radius 1 is 1.17 bits per heavy atom. The van der Waals surface area contributed by atoms with Crippen molar-refractivity contribution in [3.05, 3.63) is 69.8 Å². The van der Waals surface area contributed by atoms with E-state index in [9.17, 15) is 24.5 Å². The molecule has 1 fully saturated rings. The second-order valence-electron chi connectivity index (χ2n) is 6.31. The first kappa shape index (κ1) is 18.3. The number of oxime groups is 1. The number of nitrogens with zero attached hydrogens (tertiary/aromatic N) is 3. The molecule has 146 valence electrons. The van der Waals surface area contributed by atoms with Crippen LogP contribution in [-0.4, -0.2) is 41.6 Å². The quantitative estimate of drug-likeness (QED) is 0.333. The minimum absolute atomic E-state index is 0.0468. The number of fused-ring (bicyclic) bond motifs is 1. The summed E-state index contributed by atoms with van der Waals surface area (Å²) in [5.74, 6) is -3.10. The molecule has 4 rings (SSSR count). The largest absolute Gasteiger partial charge is 0.465 e. The molecule has 2 unspecified atom stereocenters. The van der Waals surface area contributed by atoms with Gasteiger partial charge in [-0.05, 0) is 12.1 Å². The van der Waals surface area contributed by atoms with Gasteiger partial charge in [-0.1, -0.05) is 29.4 Å². The standard InChI is InChI=1S/C19H13N3O7/c1-28-19(25)12-7-2-3-8-13(12)21-17(23)14-15(20-29-16(14)18(21)24)10-5-4-6-11(9-10)22(26)27/h2-9,14,16H,1H3. The summed E-state index contributed by atoms with van der Waals surface area (Å²) in [6.07, 6.45) is -1.21. The Kier molecular flexibility index (Phi) is 4.30. The van der Waals surface area contributed by atoms with E-state index in [1.54, 1.807) is 18.2 Å². The van der Waals surface area contributed by atoms with Gasteiger partial charge in [0.05, 0.1) is 23.3 Å². The van der Waals surface area contributed by atoms with Gasteiger partial charge in [0, 0.05) is 17.7 Å². The van der Waals surface area contributed by atoms with Gasteiger partial charge in [-0.25, -0.2) is 9.69 Å². The molecular weight excluding hydrogens is 382 g/mol. The van der Waals surface area contributed by atoms with E-state index in [0.717, 1.165) is 4.90 Å². The molecule has 0 bridgehead atoms. The van der Waals surface area contributed by atoms with E-state index in [0.29, 0.717) is 5.56 Å². The van der Waals surface area contributed by atoms with E-state index in [4.69, 9.17) is 9.57 Å². The number of imide groups is 1. The number of hydrogen-bond donors (Lipinski definition) is 0. The highest BCUT2D eigenvalue weighted by Crippen LogP contribution is 2.37. The topological polar surface area (TPSA) is 128 Å². The van der Waals surface area contributed by atoms with Gasteiger partial charge < -0.3 is 9.57 Å². The molecule has 10 heteroatoms. The van der Waals surface area contributed by atoms with Gasteiger partial charge in [-0.2, -0.15) is 0 Å². The summed E-state index contributed by atoms with van der Waals surface area (Å²) >= 11 is 0. The number of carbonyl (C=O) groups excluding carboxylic acids is 3. The Bertz CT molecular complexity index is 1090. The number of benzene rings is 2. The SMILES string of the molecule is COC(=O)c1ccccc1N1C(=O)C2ON=C(c3cccc([N+](=O)[O-])c3)C2C1=O. The van der Waals surface area contributed by atoms with Crippen LogP contribution in [0.2, 0.25) is 0 Å². The first-order valence-electron chi connectivity index (χ1n) is 8.47. The first-order valence-corrected chi connectivity index (χ1v) is 8.47. The Morgan fingerprint density at radius 2 is 1.93 bits per heavy atom. The number of non-ortho nitro benzene ring substituents is 1. The number of esters is 1. The first-order chi connectivity index (χ1) is 13.9. The summed E-state index contributed by atoms with van der Waals surface area (Å²) in [6, 6.07) is 11.6. The van der Waals surface area contributed by atoms with Crippen LogP contribution in [-0.2, 0) is 19.2 Å². The normalized spacial score (nSPS) is 20.2. The van der Waals surface area contributed by atoms with Crippen molar-refractivity contribution in [1.82, 2.24) is 0 Å². The molecule has 0 saturated carbocycles. The molecule has 10 nitrogen and oxygen atoms in total. The average molecular weight is 395 g/mol. The predicted molar refractivity (Wildman–Crippen MR) is 98.3 cm³/mol. The molecular formula is C19H13N3O7. The maximum Gasteiger partial charge on any atom is 0.339 e. The summed E-state index contributed by atoms with van der Waals surface area (Å²) in [6.45, 7) is 0. The van der Waals surface area contributed by atoms with Crippen LogP contribution in [0.1, 0.15) is 15.9 Å². The molecule has 2 amide bonds. The molecule has 0 N–H and O–H groups in total. The molecule has 2 aromatic carbocycles. The summed E-state index contributed by atoms with van der Waals surface area (Å²) < 4.78 is 4.72. The molecule has 0 spiro atoms. The minimum Gasteiger partial charge on any atom is -0.465 e. The van der Waals surface area contributed by atoms with Crippen molar-refractivity contribution in [3.63, 3.8) is 0 Å². The predicted octanol–water partition coefficient (Wildman–Crippen LogP) is 1.67. The fourth-order valence-corrected chi connectivity index (χ4v) is 3.38. The van der Waals surface area contributed by atoms with Crippen molar-refractivity contribution < 1.29 is 28.9 Å². The molecule has 0 aromatic heterocycles. The van der Waals surface area contributed by atoms with Gasteiger partial charge in [0.1, 0.15) is 11.6 Å². The van der Waals surface area contributed by atoms with E-state index in [-0.39, 0.29) is 22.6 Å². The molecule has 1 saturated heterocycles. The van der Waals surface area contributed by atoms with Crippen LogP contribution >= 0.6 is 0 Å². The van der Waals surface area contributed by atoms with Gasteiger partial charge in [-0.15, -0.1) is 0 Å². The Hall–Kier alpha value is -4.08. The van der Waals surface area contributed by atoms with Crippen molar-refractivity contribution in [2.24, 2.45) is 11.1 Å². The van der Waals surface area contributed by atoms with Crippen LogP contribution in [0.3, 0.4) is 0 Å². The number of methoxy groups -OCH3 is 1. The molecule has 0 aliphatic carbocycles. The van der Waals surface area contributed by atoms with Crippen molar-refractivity contribution in [3.8, 4) is 0 Å². The number of para-hydroxylation sites is 1. The molecule has 2 heterocycles. The molecule has 2 aliphatic heterocycles. The number of ether oxygens (including phenoxy) is 1. The summed E-state index contributed by atoms with van der Waals surface area (Å²) in [5.41, 5.74) is 0.362. The lowest BCUT2D eigenvalue weighted by Crippen LogP contribution is -2.34. The van der Waals surface area contributed by atoms with Crippen molar-refractivity contribution in [2.75, 3.05) is 12.0 Å². The van der Waals surface area contributed by atoms with Gasteiger partial charge in [0.2, 0.25) is 12.0 Å². The van der Waals surface area contributed by atoms with Crippen molar-refractivity contribution in [1.29, 1.82) is 0 Å². The van der Waals surface area contributed by atoms with Gasteiger partial charge >= 0.3 is 5.97 Å². The van der Waals surface area contributed by atoms with Crippen LogP contribution < -0.4 is 4.90 Å². The maximum atomic E-state index is 13.1. The third-order valence-corrected chi connectivity index (χ3v) is 4.72. The van der Waals surface area contributed by atoms with Crippen molar-refractivity contribution in [2.45, 2.75) is 6.10 Å². The number of nitro benzene ring substituents is 1. The highest BCUT2D eigenvalue weighted by molar-refractivity contribution is 6.33. The van der Waals surface area contributed by atoms with Crippen LogP contribution in [0.25, 0.3) is 0 Å². The van der Waals surface area contributed by atoms with Crippen LogP contribution in [0.5, 0.6) is 0 Å². The van der Waals surface area contributed by atoms with E-state index >= 15 is 0 Å². The molecule has 2 aliphatic rings. The summed E-state index contributed by atoms with van der Waals surface area (Å²) in [5, 5.41) is 14.9. The monoisotopic (exact) mass is 395 g/mol. The van der Waals surface area contributed by atoms with Gasteiger partial charge in [-0.3, -0.25) is 19.7 Å². The van der Waals surface area contributed by atoms with E-state index in [1.165, 1.54) is 37.4 Å². The van der Waals surface area contributed by atoms with Crippen LogP contribution in [0.15, 0.2) is 53.7 Å². The third kappa shape index (κ3) is 2.81. The molecule has 2 atom stereocenters. The summed E-state index contributed by atoms with van der Waals surface area (Å²) in [4.78, 5) is 54.6. The van der Waals surface area contributed by atoms with Crippen LogP contribution in [0, 0.1) is 16.0 Å². The van der Waals surface area contributed by atoms with Gasteiger partial charge in [0.15, 0.2) is 0 Å². The van der Waals surface area contributed by atoms with E-state index < -0.39 is 34.7 Å². The Balaban J connectivity index is 1.73. The number of amides is 2. The Morgan fingerprint density at radius 3 is 2.66 bits per heavy atom. The zero-order valence-electron chi connectivity index (χ0n) is 15.0. The zero-order chi connectivity index (χ0) is 20.7. The zero-order valence-corrected chi connectivity index (χ0v) is 15.0. The Labute approximate surface area is 163 Å². The molecule has 0 radical (unpaired) electrons. The number of rotatable bonds is 4. The number of nitro groups is 1. The van der Waals surface area contributed by atoms with Crippen LogP contribution in [0.4, 0.5) is 11.4 Å². The van der Waals surface area contributed by atoms with Gasteiger partial charge in [0.25, 0.3) is 11.6 Å². The molecule has 2 aromatic rings. The fraction of sp³-hybridized carbons (Fsp3) is 0.158. The third-order valence-electron chi connectivity index (χ3n) is 4.72. The minimum atomic E-state index is -1.21. The highest BCUT2D eigenvalue weighted by atomic mass is 16.7. The lowest BCUT2D eigenvalue weighted by atomic mass is 9.94. The van der Waals surface area contributed by atoms with E-state index in [2.05, 4.69) is 5.16 Å². The second-order valence-corrected chi connectivity index (χ2v) is 6.31. The van der Waals surface area contributed by atoms with Crippen molar-refractivity contribution >= 4 is 34.9 Å². The number of anilines is 1. The highest BCUT2D eigenvalue weighted by Gasteiger charge is 2.56. The number of carbonyl (C=O) groups is 3. The lowest BCUT2D eigenvalue weighted by Gasteiger charge is -2.18. The average Bonchev–Trinajstić information content (AvgIpc) is 3.28. The second kappa shape index (κ2) is 6.82. The molecule has 29 heavy (non-hydrogen) atoms.